The van der Waals surface area contributed by atoms with Crippen LogP contribution in [-0.4, -0.2) is 52.1 Å². The second kappa shape index (κ2) is 12.0. The lowest BCUT2D eigenvalue weighted by molar-refractivity contribution is -0.145. The maximum absolute atomic E-state index is 12.9. The molecule has 3 atom stereocenters. The summed E-state index contributed by atoms with van der Waals surface area (Å²) in [7, 11) is 0. The highest BCUT2D eigenvalue weighted by Crippen LogP contribution is 2.31. The van der Waals surface area contributed by atoms with Gasteiger partial charge in [0.2, 0.25) is 11.7 Å². The molecule has 5 rings (SSSR count). The van der Waals surface area contributed by atoms with Crippen LogP contribution in [0.5, 0.6) is 0 Å². The predicted molar refractivity (Wildman–Crippen MR) is 152 cm³/mol. The third-order valence-corrected chi connectivity index (χ3v) is 8.23. The largest absolute Gasteiger partial charge is 0.451 e. The summed E-state index contributed by atoms with van der Waals surface area (Å²) in [6, 6.07) is 11.4. The van der Waals surface area contributed by atoms with E-state index in [4.69, 9.17) is 5.73 Å². The molecule has 3 aromatic rings. The normalized spacial score (nSPS) is 23.3. The third-order valence-electron chi connectivity index (χ3n) is 8.23. The quantitative estimate of drug-likeness (QED) is 0.340. The van der Waals surface area contributed by atoms with E-state index in [1.165, 1.54) is 18.8 Å². The number of benzene rings is 1. The lowest BCUT2D eigenvalue weighted by Gasteiger charge is -2.44. The molecule has 0 bridgehead atoms. The predicted octanol–water partition coefficient (Wildman–Crippen LogP) is 5.28. The summed E-state index contributed by atoms with van der Waals surface area (Å²) >= 11 is 0. The highest BCUT2D eigenvalue weighted by atomic mass is 19.4. The molecule has 3 heterocycles. The van der Waals surface area contributed by atoms with E-state index in [2.05, 4.69) is 37.4 Å². The van der Waals surface area contributed by atoms with Crippen LogP contribution in [0.4, 0.5) is 24.7 Å². The van der Waals surface area contributed by atoms with Gasteiger partial charge in [0.15, 0.2) is 0 Å². The Morgan fingerprint density at radius 3 is 2.59 bits per heavy atom. The first kappa shape index (κ1) is 28.8. The number of nitrogens with two attached hydrogens (primary N) is 1. The summed E-state index contributed by atoms with van der Waals surface area (Å²) < 4.78 is 38.7. The number of primary amides is 1. The number of nitrogens with one attached hydrogen (secondary N) is 2. The molecule has 218 valence electrons. The van der Waals surface area contributed by atoms with Crippen molar-refractivity contribution in [3.8, 4) is 11.1 Å². The summed E-state index contributed by atoms with van der Waals surface area (Å²) in [6.45, 7) is 4.43. The number of nitrogens with zero attached hydrogens (tertiary/aromatic N) is 4. The fourth-order valence-corrected chi connectivity index (χ4v) is 5.99. The minimum atomic E-state index is -4.55. The summed E-state index contributed by atoms with van der Waals surface area (Å²) in [6.07, 6.45) is 6.12. The van der Waals surface area contributed by atoms with Crippen molar-refractivity contribution in [2.75, 3.05) is 29.9 Å². The highest BCUT2D eigenvalue weighted by Gasteiger charge is 2.36. The zero-order valence-corrected chi connectivity index (χ0v) is 23.1. The molecular weight excluding hydrogens is 531 g/mol. The minimum absolute atomic E-state index is 0.188. The first-order valence-corrected chi connectivity index (χ1v) is 14.1. The van der Waals surface area contributed by atoms with Gasteiger partial charge in [-0.15, -0.1) is 0 Å². The van der Waals surface area contributed by atoms with Gasteiger partial charge in [0, 0.05) is 43.0 Å². The van der Waals surface area contributed by atoms with Crippen molar-refractivity contribution in [2.45, 2.75) is 63.2 Å². The average molecular weight is 568 g/mol. The standard InChI is InChI=1S/C30H36F3N7O/c1-29(11-5-13-40(19-29)24-17-36-28(37-18-24)30(31,32)33)38-16-23-6-2-3-9-25(23)39-26-15-21(10-12-35-26)20-7-4-8-22(14-20)27(34)41/h4,7-8,10,12,14-15,17-18,23,25,38H,2-3,5-6,9,11,13,16,19H2,1H3,(H2,34,41)(H,35,39). The molecule has 11 heteroatoms. The summed E-state index contributed by atoms with van der Waals surface area (Å²) in [4.78, 5) is 25.4. The number of rotatable bonds is 8. The summed E-state index contributed by atoms with van der Waals surface area (Å²) in [5.74, 6) is -0.385. The zero-order chi connectivity index (χ0) is 29.0. The molecule has 2 fully saturated rings. The van der Waals surface area contributed by atoms with Gasteiger partial charge in [0.05, 0.1) is 18.1 Å². The number of hydrogen-bond acceptors (Lipinski definition) is 7. The number of carbonyl (C=O) groups is 1. The van der Waals surface area contributed by atoms with Crippen molar-refractivity contribution in [3.05, 3.63) is 66.4 Å². The van der Waals surface area contributed by atoms with Gasteiger partial charge in [-0.1, -0.05) is 25.0 Å². The van der Waals surface area contributed by atoms with E-state index in [1.54, 1.807) is 18.3 Å². The second-order valence-electron chi connectivity index (χ2n) is 11.4. The van der Waals surface area contributed by atoms with Crippen molar-refractivity contribution in [2.24, 2.45) is 11.7 Å². The van der Waals surface area contributed by atoms with E-state index in [0.29, 0.717) is 23.7 Å². The van der Waals surface area contributed by atoms with E-state index in [-0.39, 0.29) is 11.6 Å². The molecule has 0 radical (unpaired) electrons. The highest BCUT2D eigenvalue weighted by molar-refractivity contribution is 5.94. The monoisotopic (exact) mass is 567 g/mol. The van der Waals surface area contributed by atoms with Crippen LogP contribution in [0.3, 0.4) is 0 Å². The maximum atomic E-state index is 12.9. The molecule has 3 unspecified atom stereocenters. The molecule has 2 aromatic heterocycles. The van der Waals surface area contributed by atoms with Crippen molar-refractivity contribution in [1.82, 2.24) is 20.3 Å². The van der Waals surface area contributed by atoms with Gasteiger partial charge in [-0.05, 0) is 73.9 Å². The van der Waals surface area contributed by atoms with Crippen LogP contribution >= 0.6 is 0 Å². The molecule has 1 saturated heterocycles. The Balaban J connectivity index is 1.22. The molecule has 1 aromatic carbocycles. The Bertz CT molecular complexity index is 1350. The van der Waals surface area contributed by atoms with Gasteiger partial charge in [0.25, 0.3) is 0 Å². The van der Waals surface area contributed by atoms with Gasteiger partial charge < -0.3 is 21.3 Å². The number of aromatic nitrogens is 3. The van der Waals surface area contributed by atoms with Gasteiger partial charge in [-0.2, -0.15) is 13.2 Å². The molecule has 1 saturated carbocycles. The van der Waals surface area contributed by atoms with Crippen LogP contribution in [0.25, 0.3) is 11.1 Å². The Morgan fingerprint density at radius 1 is 1.07 bits per heavy atom. The molecule has 4 N–H and O–H groups in total. The first-order valence-electron chi connectivity index (χ1n) is 14.1. The van der Waals surface area contributed by atoms with Gasteiger partial charge >= 0.3 is 6.18 Å². The number of amides is 1. The van der Waals surface area contributed by atoms with Gasteiger partial charge in [-0.3, -0.25) is 4.79 Å². The van der Waals surface area contributed by atoms with E-state index in [9.17, 15) is 18.0 Å². The fraction of sp³-hybridized carbons (Fsp3) is 0.467. The van der Waals surface area contributed by atoms with Crippen LogP contribution in [0.15, 0.2) is 55.0 Å². The second-order valence-corrected chi connectivity index (χ2v) is 11.4. The first-order chi connectivity index (χ1) is 19.6. The van der Waals surface area contributed by atoms with Crippen LogP contribution in [0.1, 0.15) is 61.6 Å². The topological polar surface area (TPSA) is 109 Å². The zero-order valence-electron chi connectivity index (χ0n) is 23.1. The number of halogens is 3. The molecule has 1 aliphatic carbocycles. The lowest BCUT2D eigenvalue weighted by Crippen LogP contribution is -2.57. The molecule has 8 nitrogen and oxygen atoms in total. The van der Waals surface area contributed by atoms with Gasteiger partial charge in [-0.25, -0.2) is 15.0 Å². The molecule has 1 amide bonds. The van der Waals surface area contributed by atoms with Crippen LogP contribution in [-0.2, 0) is 6.18 Å². The Hall–Kier alpha value is -3.73. The van der Waals surface area contributed by atoms with E-state index in [1.807, 2.05) is 24.3 Å². The smallest absolute Gasteiger partial charge is 0.367 e. The number of pyridine rings is 1. The third kappa shape index (κ3) is 7.13. The van der Waals surface area contributed by atoms with Crippen LogP contribution in [0.2, 0.25) is 0 Å². The van der Waals surface area contributed by atoms with Crippen molar-refractivity contribution in [1.29, 1.82) is 0 Å². The average Bonchev–Trinajstić information content (AvgIpc) is 2.97. The van der Waals surface area contributed by atoms with Crippen LogP contribution < -0.4 is 21.3 Å². The molecule has 0 spiro atoms. The SMILES string of the molecule is CC1(NCC2CCCCC2Nc2cc(-c3cccc(C(N)=O)c3)ccn2)CCCN(c2cnc(C(F)(F)F)nc2)C1. The van der Waals surface area contributed by atoms with Crippen LogP contribution in [0, 0.1) is 5.92 Å². The Morgan fingerprint density at radius 2 is 1.83 bits per heavy atom. The minimum Gasteiger partial charge on any atom is -0.367 e. The number of anilines is 2. The number of carbonyl (C=O) groups excluding carboxylic acids is 1. The van der Waals surface area contributed by atoms with Crippen molar-refractivity contribution in [3.63, 3.8) is 0 Å². The number of alkyl halides is 3. The van der Waals surface area contributed by atoms with Gasteiger partial charge in [0.1, 0.15) is 5.82 Å². The molecule has 41 heavy (non-hydrogen) atoms. The van der Waals surface area contributed by atoms with Crippen molar-refractivity contribution >= 4 is 17.4 Å². The Labute approximate surface area is 238 Å². The Kier molecular flexibility index (Phi) is 8.44. The van der Waals surface area contributed by atoms with Crippen molar-refractivity contribution < 1.29 is 18.0 Å². The maximum Gasteiger partial charge on any atom is 0.451 e. The molecule has 1 aliphatic heterocycles. The molecular formula is C30H36F3N7O. The van der Waals surface area contributed by atoms with E-state index in [0.717, 1.165) is 62.1 Å². The fourth-order valence-electron chi connectivity index (χ4n) is 5.99. The number of piperidine rings is 1. The molecule has 2 aliphatic rings. The lowest BCUT2D eigenvalue weighted by atomic mass is 9.83. The van der Waals surface area contributed by atoms with E-state index < -0.39 is 17.9 Å². The number of hydrogen-bond donors (Lipinski definition) is 3. The van der Waals surface area contributed by atoms with E-state index >= 15 is 0 Å². The summed E-state index contributed by atoms with van der Waals surface area (Å²) in [5, 5.41) is 7.48. The summed E-state index contributed by atoms with van der Waals surface area (Å²) in [5.41, 5.74) is 8.21.